The van der Waals surface area contributed by atoms with Crippen molar-refractivity contribution in [3.05, 3.63) is 29.3 Å². The third kappa shape index (κ3) is 4.22. The summed E-state index contributed by atoms with van der Waals surface area (Å²) >= 11 is 0. The fraction of sp³-hybridized carbons (Fsp3) is 0.625. The molecule has 19 heavy (non-hydrogen) atoms. The summed E-state index contributed by atoms with van der Waals surface area (Å²) in [5.74, 6) is 0. The van der Waals surface area contributed by atoms with E-state index in [-0.39, 0.29) is 0 Å². The van der Waals surface area contributed by atoms with E-state index in [2.05, 4.69) is 54.3 Å². The molecule has 0 atom stereocenters. The fourth-order valence-corrected chi connectivity index (χ4v) is 2.65. The molecule has 0 fully saturated rings. The molecular formula is C16H27N3. The summed E-state index contributed by atoms with van der Waals surface area (Å²) in [5.41, 5.74) is 4.25. The molecule has 3 nitrogen and oxygen atoms in total. The van der Waals surface area contributed by atoms with Crippen LogP contribution in [0.3, 0.4) is 0 Å². The Hall–Kier alpha value is -1.06. The van der Waals surface area contributed by atoms with Gasteiger partial charge < -0.3 is 10.2 Å². The highest BCUT2D eigenvalue weighted by Crippen LogP contribution is 2.23. The Labute approximate surface area is 117 Å². The van der Waals surface area contributed by atoms with Crippen molar-refractivity contribution in [3.63, 3.8) is 0 Å². The van der Waals surface area contributed by atoms with Gasteiger partial charge in [-0.3, -0.25) is 4.90 Å². The normalized spacial score (nSPS) is 13.9. The highest BCUT2D eigenvalue weighted by atomic mass is 15.1. The van der Waals surface area contributed by atoms with Gasteiger partial charge in [-0.05, 0) is 63.8 Å². The number of nitrogens with zero attached hydrogens (tertiary/aromatic N) is 2. The van der Waals surface area contributed by atoms with Crippen LogP contribution in [-0.2, 0) is 13.0 Å². The van der Waals surface area contributed by atoms with Gasteiger partial charge in [-0.15, -0.1) is 0 Å². The Morgan fingerprint density at radius 1 is 1.21 bits per heavy atom. The number of hydrogen-bond donors (Lipinski definition) is 1. The van der Waals surface area contributed by atoms with Crippen LogP contribution in [0.2, 0.25) is 0 Å². The van der Waals surface area contributed by atoms with Crippen LogP contribution in [0.5, 0.6) is 0 Å². The summed E-state index contributed by atoms with van der Waals surface area (Å²) in [5, 5.41) is 3.46. The van der Waals surface area contributed by atoms with Crippen LogP contribution in [-0.4, -0.2) is 50.1 Å². The summed E-state index contributed by atoms with van der Waals surface area (Å²) in [4.78, 5) is 4.79. The van der Waals surface area contributed by atoms with Gasteiger partial charge in [0.1, 0.15) is 0 Å². The summed E-state index contributed by atoms with van der Waals surface area (Å²) in [6.07, 6.45) is 2.42. The standard InChI is InChI=1S/C16H27N3/c1-4-19(11-5-10-18(2)3)13-14-6-7-15-8-9-17-16(15)12-14/h6-7,12,17H,4-5,8-11,13H2,1-3H3. The lowest BCUT2D eigenvalue weighted by atomic mass is 10.1. The zero-order chi connectivity index (χ0) is 13.7. The average molecular weight is 261 g/mol. The van der Waals surface area contributed by atoms with Gasteiger partial charge in [0.05, 0.1) is 0 Å². The van der Waals surface area contributed by atoms with Crippen molar-refractivity contribution in [1.82, 2.24) is 9.80 Å². The zero-order valence-corrected chi connectivity index (χ0v) is 12.6. The fourth-order valence-electron chi connectivity index (χ4n) is 2.65. The molecule has 3 heteroatoms. The maximum absolute atomic E-state index is 3.46. The van der Waals surface area contributed by atoms with Crippen LogP contribution in [0.4, 0.5) is 5.69 Å². The Kier molecular flexibility index (Phi) is 5.23. The van der Waals surface area contributed by atoms with E-state index < -0.39 is 0 Å². The van der Waals surface area contributed by atoms with E-state index >= 15 is 0 Å². The molecule has 1 N–H and O–H groups in total. The molecule has 0 unspecified atom stereocenters. The Morgan fingerprint density at radius 3 is 2.79 bits per heavy atom. The number of rotatable bonds is 7. The van der Waals surface area contributed by atoms with Crippen molar-refractivity contribution < 1.29 is 0 Å². The number of hydrogen-bond acceptors (Lipinski definition) is 3. The minimum atomic E-state index is 1.07. The SMILES string of the molecule is CCN(CCCN(C)C)Cc1ccc2c(c1)NCC2. The van der Waals surface area contributed by atoms with E-state index in [4.69, 9.17) is 0 Å². The maximum atomic E-state index is 3.46. The molecule has 106 valence electrons. The zero-order valence-electron chi connectivity index (χ0n) is 12.6. The van der Waals surface area contributed by atoms with E-state index in [1.807, 2.05) is 0 Å². The lowest BCUT2D eigenvalue weighted by Gasteiger charge is -2.21. The molecule has 2 rings (SSSR count). The summed E-state index contributed by atoms with van der Waals surface area (Å²) < 4.78 is 0. The number of fused-ring (bicyclic) bond motifs is 1. The molecule has 0 spiro atoms. The van der Waals surface area contributed by atoms with Gasteiger partial charge in [0.15, 0.2) is 0 Å². The smallest absolute Gasteiger partial charge is 0.0376 e. The lowest BCUT2D eigenvalue weighted by Crippen LogP contribution is -2.26. The van der Waals surface area contributed by atoms with Crippen molar-refractivity contribution in [2.24, 2.45) is 0 Å². The quantitative estimate of drug-likeness (QED) is 0.813. The van der Waals surface area contributed by atoms with Gasteiger partial charge in [-0.25, -0.2) is 0 Å². The maximum Gasteiger partial charge on any atom is 0.0376 e. The Balaban J connectivity index is 1.87. The van der Waals surface area contributed by atoms with E-state index in [1.165, 1.54) is 42.7 Å². The van der Waals surface area contributed by atoms with Gasteiger partial charge >= 0.3 is 0 Å². The first-order valence-corrected chi connectivity index (χ1v) is 7.42. The molecule has 0 aromatic heterocycles. The lowest BCUT2D eigenvalue weighted by molar-refractivity contribution is 0.259. The van der Waals surface area contributed by atoms with Gasteiger partial charge in [-0.2, -0.15) is 0 Å². The molecule has 0 saturated heterocycles. The topological polar surface area (TPSA) is 18.5 Å². The van der Waals surface area contributed by atoms with Crippen molar-refractivity contribution in [2.75, 3.05) is 45.6 Å². The Morgan fingerprint density at radius 2 is 2.05 bits per heavy atom. The summed E-state index contributed by atoms with van der Waals surface area (Å²) in [6, 6.07) is 6.91. The van der Waals surface area contributed by atoms with Crippen LogP contribution >= 0.6 is 0 Å². The highest BCUT2D eigenvalue weighted by molar-refractivity contribution is 5.56. The second-order valence-corrected chi connectivity index (χ2v) is 5.69. The van der Waals surface area contributed by atoms with Crippen LogP contribution in [0, 0.1) is 0 Å². The molecular weight excluding hydrogens is 234 g/mol. The van der Waals surface area contributed by atoms with Gasteiger partial charge in [0, 0.05) is 18.8 Å². The second kappa shape index (κ2) is 6.92. The van der Waals surface area contributed by atoms with Crippen LogP contribution in [0.15, 0.2) is 18.2 Å². The molecule has 1 aliphatic heterocycles. The molecule has 1 aromatic rings. The molecule has 1 heterocycles. The molecule has 1 aromatic carbocycles. The van der Waals surface area contributed by atoms with Gasteiger partial charge in [-0.1, -0.05) is 19.1 Å². The monoisotopic (exact) mass is 261 g/mol. The van der Waals surface area contributed by atoms with E-state index in [9.17, 15) is 0 Å². The minimum absolute atomic E-state index is 1.07. The van der Waals surface area contributed by atoms with Crippen molar-refractivity contribution in [1.29, 1.82) is 0 Å². The first-order chi connectivity index (χ1) is 9.19. The third-order valence-electron chi connectivity index (χ3n) is 3.82. The molecule has 0 saturated carbocycles. The molecule has 0 bridgehead atoms. The minimum Gasteiger partial charge on any atom is -0.384 e. The predicted molar refractivity (Wildman–Crippen MR) is 82.8 cm³/mol. The van der Waals surface area contributed by atoms with E-state index in [0.717, 1.165) is 19.6 Å². The van der Waals surface area contributed by atoms with Gasteiger partial charge in [0.25, 0.3) is 0 Å². The largest absolute Gasteiger partial charge is 0.384 e. The number of nitrogens with one attached hydrogen (secondary N) is 1. The molecule has 0 radical (unpaired) electrons. The highest BCUT2D eigenvalue weighted by Gasteiger charge is 2.11. The first kappa shape index (κ1) is 14.4. The first-order valence-electron chi connectivity index (χ1n) is 7.42. The van der Waals surface area contributed by atoms with Crippen molar-refractivity contribution in [2.45, 2.75) is 26.3 Å². The van der Waals surface area contributed by atoms with E-state index in [1.54, 1.807) is 0 Å². The predicted octanol–water partition coefficient (Wildman–Crippen LogP) is 2.43. The molecule has 0 aliphatic carbocycles. The average Bonchev–Trinajstić information content (AvgIpc) is 2.84. The number of benzene rings is 1. The second-order valence-electron chi connectivity index (χ2n) is 5.69. The molecule has 0 amide bonds. The van der Waals surface area contributed by atoms with Crippen molar-refractivity contribution >= 4 is 5.69 Å². The Bertz CT molecular complexity index is 401. The summed E-state index contributed by atoms with van der Waals surface area (Å²) in [6.45, 7) is 7.89. The van der Waals surface area contributed by atoms with Crippen LogP contribution < -0.4 is 5.32 Å². The van der Waals surface area contributed by atoms with Gasteiger partial charge in [0.2, 0.25) is 0 Å². The van der Waals surface area contributed by atoms with E-state index in [0.29, 0.717) is 0 Å². The third-order valence-corrected chi connectivity index (χ3v) is 3.82. The van der Waals surface area contributed by atoms with Crippen molar-refractivity contribution in [3.8, 4) is 0 Å². The van der Waals surface area contributed by atoms with Crippen LogP contribution in [0.1, 0.15) is 24.5 Å². The summed E-state index contributed by atoms with van der Waals surface area (Å²) in [7, 11) is 4.28. The molecule has 1 aliphatic rings. The van der Waals surface area contributed by atoms with Crippen LogP contribution in [0.25, 0.3) is 0 Å². The number of anilines is 1.